The second kappa shape index (κ2) is 7.52. The van der Waals surface area contributed by atoms with Crippen molar-refractivity contribution in [2.75, 3.05) is 10.7 Å². The molecule has 0 radical (unpaired) electrons. The molecule has 7 heteroatoms. The van der Waals surface area contributed by atoms with Crippen molar-refractivity contribution in [2.24, 2.45) is 5.84 Å². The minimum absolute atomic E-state index is 0.239. The van der Waals surface area contributed by atoms with Crippen molar-refractivity contribution in [1.29, 1.82) is 0 Å². The van der Waals surface area contributed by atoms with E-state index < -0.39 is 0 Å². The van der Waals surface area contributed by atoms with Crippen LogP contribution in [0.15, 0.2) is 36.4 Å². The Labute approximate surface area is 164 Å². The van der Waals surface area contributed by atoms with E-state index >= 15 is 0 Å². The van der Waals surface area contributed by atoms with Gasteiger partial charge in [0, 0.05) is 22.5 Å². The molecule has 3 aromatic rings. The zero-order chi connectivity index (χ0) is 20.5. The Morgan fingerprint density at radius 2 is 1.50 bits per heavy atom. The molecule has 0 unspecified atom stereocenters. The number of aromatic nitrogens is 3. The molecule has 0 atom stereocenters. The van der Waals surface area contributed by atoms with E-state index in [1.165, 1.54) is 12.1 Å². The highest BCUT2D eigenvalue weighted by atomic mass is 19.1. The van der Waals surface area contributed by atoms with Crippen molar-refractivity contribution >= 4 is 11.8 Å². The fourth-order valence-corrected chi connectivity index (χ4v) is 3.03. The number of hydrogen-bond acceptors (Lipinski definition) is 6. The SMILES string of the molecule is Cc1cc(-c2c(NN)nc(NC(C)(C)C)nc2-c2ccc(F)cc2)cc(C)n1. The number of halogens is 1. The second-order valence-electron chi connectivity index (χ2n) is 7.78. The fraction of sp³-hybridized carbons (Fsp3) is 0.286. The van der Waals surface area contributed by atoms with Crippen LogP contribution in [-0.2, 0) is 0 Å². The molecule has 0 aliphatic rings. The number of pyridine rings is 1. The highest BCUT2D eigenvalue weighted by molar-refractivity contribution is 5.89. The molecule has 4 N–H and O–H groups in total. The highest BCUT2D eigenvalue weighted by Crippen LogP contribution is 2.37. The molecule has 28 heavy (non-hydrogen) atoms. The molecule has 2 heterocycles. The van der Waals surface area contributed by atoms with E-state index in [1.54, 1.807) is 12.1 Å². The summed E-state index contributed by atoms with van der Waals surface area (Å²) in [6.07, 6.45) is 0. The molecule has 3 rings (SSSR count). The largest absolute Gasteiger partial charge is 0.350 e. The van der Waals surface area contributed by atoms with Crippen molar-refractivity contribution < 1.29 is 4.39 Å². The van der Waals surface area contributed by atoms with Crippen molar-refractivity contribution in [3.8, 4) is 22.4 Å². The van der Waals surface area contributed by atoms with E-state index in [-0.39, 0.29) is 11.4 Å². The van der Waals surface area contributed by atoms with Gasteiger partial charge in [0.1, 0.15) is 5.82 Å². The number of rotatable bonds is 4. The standard InChI is InChI=1S/C21H25FN6/c1-12-10-15(11-13(2)24-12)17-18(14-6-8-16(22)9-7-14)25-20(26-19(17)28-23)27-21(3,4)5/h6-11H,23H2,1-5H3,(H2,25,26,27,28). The Kier molecular flexibility index (Phi) is 5.29. The summed E-state index contributed by atoms with van der Waals surface area (Å²) in [7, 11) is 0. The van der Waals surface area contributed by atoms with Crippen molar-refractivity contribution in [3.63, 3.8) is 0 Å². The van der Waals surface area contributed by atoms with Gasteiger partial charge in [0.15, 0.2) is 5.82 Å². The molecule has 6 nitrogen and oxygen atoms in total. The predicted octanol–water partition coefficient (Wildman–Crippen LogP) is 4.46. The van der Waals surface area contributed by atoms with Crippen LogP contribution in [0.3, 0.4) is 0 Å². The summed E-state index contributed by atoms with van der Waals surface area (Å²) in [5.74, 6) is 6.43. The molecule has 0 saturated carbocycles. The van der Waals surface area contributed by atoms with Gasteiger partial charge in [0.2, 0.25) is 5.95 Å². The minimum Gasteiger partial charge on any atom is -0.350 e. The predicted molar refractivity (Wildman–Crippen MR) is 111 cm³/mol. The molecule has 0 saturated heterocycles. The van der Waals surface area contributed by atoms with E-state index in [9.17, 15) is 4.39 Å². The third kappa shape index (κ3) is 4.43. The van der Waals surface area contributed by atoms with Crippen LogP contribution < -0.4 is 16.6 Å². The summed E-state index contributed by atoms with van der Waals surface area (Å²) in [5, 5.41) is 3.27. The van der Waals surface area contributed by atoms with Gasteiger partial charge in [0.25, 0.3) is 0 Å². The molecule has 0 aliphatic heterocycles. The normalized spacial score (nSPS) is 11.4. The van der Waals surface area contributed by atoms with Crippen molar-refractivity contribution in [3.05, 3.63) is 53.6 Å². The van der Waals surface area contributed by atoms with E-state index in [1.807, 2.05) is 46.8 Å². The highest BCUT2D eigenvalue weighted by Gasteiger charge is 2.20. The topological polar surface area (TPSA) is 88.8 Å². The molecular weight excluding hydrogens is 355 g/mol. The van der Waals surface area contributed by atoms with Crippen LogP contribution in [0.25, 0.3) is 22.4 Å². The van der Waals surface area contributed by atoms with Gasteiger partial charge in [-0.25, -0.2) is 15.2 Å². The van der Waals surface area contributed by atoms with Crippen LogP contribution in [0.4, 0.5) is 16.2 Å². The van der Waals surface area contributed by atoms with Gasteiger partial charge in [-0.05, 0) is 76.6 Å². The molecule has 0 amide bonds. The zero-order valence-corrected chi connectivity index (χ0v) is 16.8. The number of nitrogens with one attached hydrogen (secondary N) is 2. The first-order valence-electron chi connectivity index (χ1n) is 9.05. The third-order valence-electron chi connectivity index (χ3n) is 4.02. The van der Waals surface area contributed by atoms with E-state index in [0.29, 0.717) is 17.5 Å². The lowest BCUT2D eigenvalue weighted by molar-refractivity contribution is 0.626. The monoisotopic (exact) mass is 380 g/mol. The van der Waals surface area contributed by atoms with Gasteiger partial charge in [-0.2, -0.15) is 4.98 Å². The molecule has 0 spiro atoms. The fourth-order valence-electron chi connectivity index (χ4n) is 3.03. The number of nitrogens with zero attached hydrogens (tertiary/aromatic N) is 3. The lowest BCUT2D eigenvalue weighted by atomic mass is 9.99. The van der Waals surface area contributed by atoms with Crippen LogP contribution in [0.1, 0.15) is 32.2 Å². The number of nitrogen functional groups attached to an aromatic ring is 1. The molecule has 0 bridgehead atoms. The molecule has 0 aliphatic carbocycles. The Balaban J connectivity index is 2.30. The first-order valence-corrected chi connectivity index (χ1v) is 9.05. The third-order valence-corrected chi connectivity index (χ3v) is 4.02. The van der Waals surface area contributed by atoms with Gasteiger partial charge in [-0.1, -0.05) is 0 Å². The van der Waals surface area contributed by atoms with Crippen LogP contribution >= 0.6 is 0 Å². The molecule has 0 fully saturated rings. The number of aryl methyl sites for hydroxylation is 2. The van der Waals surface area contributed by atoms with E-state index in [2.05, 4.69) is 20.7 Å². The molecule has 146 valence electrons. The first-order chi connectivity index (χ1) is 13.2. The Morgan fingerprint density at radius 3 is 2.04 bits per heavy atom. The Bertz CT molecular complexity index is 973. The van der Waals surface area contributed by atoms with Crippen LogP contribution in [0, 0.1) is 19.7 Å². The van der Waals surface area contributed by atoms with Crippen LogP contribution in [0.2, 0.25) is 0 Å². The lowest BCUT2D eigenvalue weighted by Crippen LogP contribution is -2.28. The maximum Gasteiger partial charge on any atom is 0.225 e. The van der Waals surface area contributed by atoms with E-state index in [0.717, 1.165) is 28.1 Å². The first kappa shape index (κ1) is 19.7. The maximum absolute atomic E-state index is 13.5. The molecular formula is C21H25FN6. The van der Waals surface area contributed by atoms with Gasteiger partial charge in [0.05, 0.1) is 11.3 Å². The zero-order valence-electron chi connectivity index (χ0n) is 16.8. The summed E-state index contributed by atoms with van der Waals surface area (Å²) in [6, 6.07) is 10.1. The summed E-state index contributed by atoms with van der Waals surface area (Å²) >= 11 is 0. The smallest absolute Gasteiger partial charge is 0.225 e. The van der Waals surface area contributed by atoms with E-state index in [4.69, 9.17) is 10.8 Å². The van der Waals surface area contributed by atoms with Gasteiger partial charge in [-0.15, -0.1) is 0 Å². The molecule has 1 aromatic carbocycles. The van der Waals surface area contributed by atoms with Gasteiger partial charge in [-0.3, -0.25) is 4.98 Å². The van der Waals surface area contributed by atoms with Gasteiger partial charge < -0.3 is 10.7 Å². The lowest BCUT2D eigenvalue weighted by Gasteiger charge is -2.23. The maximum atomic E-state index is 13.5. The van der Waals surface area contributed by atoms with Crippen molar-refractivity contribution in [1.82, 2.24) is 15.0 Å². The second-order valence-corrected chi connectivity index (χ2v) is 7.78. The van der Waals surface area contributed by atoms with Crippen molar-refractivity contribution in [2.45, 2.75) is 40.2 Å². The molecule has 2 aromatic heterocycles. The number of hydrogen-bond donors (Lipinski definition) is 3. The minimum atomic E-state index is -0.305. The summed E-state index contributed by atoms with van der Waals surface area (Å²) in [4.78, 5) is 13.7. The van der Waals surface area contributed by atoms with Crippen LogP contribution in [0.5, 0.6) is 0 Å². The number of nitrogens with two attached hydrogens (primary N) is 1. The number of benzene rings is 1. The van der Waals surface area contributed by atoms with Gasteiger partial charge >= 0.3 is 0 Å². The van der Waals surface area contributed by atoms with Crippen LogP contribution in [-0.4, -0.2) is 20.5 Å². The summed E-state index contributed by atoms with van der Waals surface area (Å²) in [6.45, 7) is 9.92. The summed E-state index contributed by atoms with van der Waals surface area (Å²) in [5.41, 5.74) is 7.25. The Hall–Kier alpha value is -3.06. The quantitative estimate of drug-likeness (QED) is 0.457. The number of anilines is 2. The summed E-state index contributed by atoms with van der Waals surface area (Å²) < 4.78 is 13.5. The average molecular weight is 380 g/mol. The Morgan fingerprint density at radius 1 is 0.893 bits per heavy atom. The average Bonchev–Trinajstić information content (AvgIpc) is 2.59. The number of hydrazine groups is 1.